The second-order valence-electron chi connectivity index (χ2n) is 4.54. The fourth-order valence-corrected chi connectivity index (χ4v) is 2.33. The van der Waals surface area contributed by atoms with Gasteiger partial charge in [-0.3, -0.25) is 4.79 Å². The number of anilines is 2. The minimum absolute atomic E-state index is 0.281. The number of rotatable bonds is 4. The second kappa shape index (κ2) is 6.45. The van der Waals surface area contributed by atoms with Crippen LogP contribution in [0.5, 0.6) is 5.88 Å². The number of hydrogen-bond donors (Lipinski definition) is 1. The maximum absolute atomic E-state index is 12.4. The van der Waals surface area contributed by atoms with Crippen molar-refractivity contribution in [2.75, 3.05) is 31.4 Å². The van der Waals surface area contributed by atoms with Gasteiger partial charge in [0, 0.05) is 20.3 Å². The second-order valence-corrected chi connectivity index (χ2v) is 4.95. The summed E-state index contributed by atoms with van der Waals surface area (Å²) in [4.78, 5) is 18.2. The highest BCUT2D eigenvalue weighted by molar-refractivity contribution is 6.34. The van der Waals surface area contributed by atoms with E-state index in [0.717, 1.165) is 5.69 Å². The number of ether oxygens (including phenoxy) is 1. The molecule has 0 bridgehead atoms. The van der Waals surface area contributed by atoms with Gasteiger partial charge in [0.1, 0.15) is 5.56 Å². The Balaban J connectivity index is 2.34. The van der Waals surface area contributed by atoms with Gasteiger partial charge in [-0.05, 0) is 24.3 Å². The molecular formula is C15H16ClN3O2. The number of para-hydroxylation sites is 1. The van der Waals surface area contributed by atoms with E-state index in [1.165, 1.54) is 7.11 Å². The van der Waals surface area contributed by atoms with Crippen molar-refractivity contribution in [3.8, 4) is 5.88 Å². The minimum atomic E-state index is -0.301. The topological polar surface area (TPSA) is 54.5 Å². The first-order chi connectivity index (χ1) is 10.0. The van der Waals surface area contributed by atoms with Crippen molar-refractivity contribution in [2.24, 2.45) is 0 Å². The molecule has 0 spiro atoms. The molecule has 1 aromatic carbocycles. The SMILES string of the molecule is COc1ncccc1C(=O)Nc1cccc(Cl)c1N(C)C. The van der Waals surface area contributed by atoms with E-state index in [-0.39, 0.29) is 11.8 Å². The van der Waals surface area contributed by atoms with E-state index < -0.39 is 0 Å². The maximum Gasteiger partial charge on any atom is 0.261 e. The number of carbonyl (C=O) groups is 1. The molecule has 2 rings (SSSR count). The molecule has 110 valence electrons. The third-order valence-corrected chi connectivity index (χ3v) is 3.20. The summed E-state index contributed by atoms with van der Waals surface area (Å²) in [6.45, 7) is 0. The molecule has 0 aliphatic carbocycles. The Kier molecular flexibility index (Phi) is 4.65. The Morgan fingerprint density at radius 1 is 1.29 bits per heavy atom. The molecule has 2 aromatic rings. The van der Waals surface area contributed by atoms with Crippen LogP contribution >= 0.6 is 11.6 Å². The standard InChI is InChI=1S/C15H16ClN3O2/c1-19(2)13-11(16)7-4-8-12(13)18-14(20)10-6-5-9-17-15(10)21-3/h4-9H,1-3H3,(H,18,20). The zero-order chi connectivity index (χ0) is 15.4. The molecule has 0 atom stereocenters. The molecule has 1 heterocycles. The predicted molar refractivity (Wildman–Crippen MR) is 84.5 cm³/mol. The number of hydrogen-bond acceptors (Lipinski definition) is 4. The Hall–Kier alpha value is -2.27. The van der Waals surface area contributed by atoms with Crippen molar-refractivity contribution in [3.63, 3.8) is 0 Å². The lowest BCUT2D eigenvalue weighted by Crippen LogP contribution is -2.18. The first-order valence-electron chi connectivity index (χ1n) is 6.30. The van der Waals surface area contributed by atoms with Gasteiger partial charge in [0.05, 0.1) is 23.5 Å². The van der Waals surface area contributed by atoms with Gasteiger partial charge in [-0.2, -0.15) is 0 Å². The molecule has 21 heavy (non-hydrogen) atoms. The highest BCUT2D eigenvalue weighted by Crippen LogP contribution is 2.33. The van der Waals surface area contributed by atoms with Crippen LogP contribution in [0.1, 0.15) is 10.4 Å². The number of methoxy groups -OCH3 is 1. The van der Waals surface area contributed by atoms with Crippen LogP contribution in [-0.2, 0) is 0 Å². The van der Waals surface area contributed by atoms with E-state index in [4.69, 9.17) is 16.3 Å². The fourth-order valence-electron chi connectivity index (χ4n) is 1.99. The van der Waals surface area contributed by atoms with Crippen LogP contribution < -0.4 is 15.0 Å². The molecule has 1 amide bonds. The summed E-state index contributed by atoms with van der Waals surface area (Å²) in [5.41, 5.74) is 1.74. The van der Waals surface area contributed by atoms with Crippen molar-refractivity contribution in [1.82, 2.24) is 4.98 Å². The van der Waals surface area contributed by atoms with Crippen LogP contribution in [-0.4, -0.2) is 32.1 Å². The van der Waals surface area contributed by atoms with Crippen molar-refractivity contribution >= 4 is 28.9 Å². The number of nitrogens with one attached hydrogen (secondary N) is 1. The molecule has 0 saturated carbocycles. The molecule has 1 N–H and O–H groups in total. The first-order valence-corrected chi connectivity index (χ1v) is 6.68. The molecule has 5 nitrogen and oxygen atoms in total. The average molecular weight is 306 g/mol. The molecular weight excluding hydrogens is 290 g/mol. The van der Waals surface area contributed by atoms with Crippen molar-refractivity contribution in [3.05, 3.63) is 47.1 Å². The summed E-state index contributed by atoms with van der Waals surface area (Å²) in [6, 6.07) is 8.69. The number of carbonyl (C=O) groups excluding carboxylic acids is 1. The number of aromatic nitrogens is 1. The van der Waals surface area contributed by atoms with Crippen LogP contribution in [0.15, 0.2) is 36.5 Å². The third kappa shape index (κ3) is 3.25. The van der Waals surface area contributed by atoms with Gasteiger partial charge in [-0.15, -0.1) is 0 Å². The lowest BCUT2D eigenvalue weighted by Gasteiger charge is -2.19. The Labute approximate surface area is 128 Å². The number of halogens is 1. The van der Waals surface area contributed by atoms with E-state index in [1.54, 1.807) is 36.5 Å². The summed E-state index contributed by atoms with van der Waals surface area (Å²) in [5.74, 6) is -0.0197. The Bertz CT molecular complexity index is 659. The number of amides is 1. The monoisotopic (exact) mass is 305 g/mol. The first kappa shape index (κ1) is 15.1. The Morgan fingerprint density at radius 2 is 2.05 bits per heavy atom. The van der Waals surface area contributed by atoms with Crippen molar-refractivity contribution in [1.29, 1.82) is 0 Å². The van der Waals surface area contributed by atoms with Crippen molar-refractivity contribution < 1.29 is 9.53 Å². The lowest BCUT2D eigenvalue weighted by atomic mass is 10.2. The molecule has 0 aliphatic rings. The summed E-state index contributed by atoms with van der Waals surface area (Å²) in [7, 11) is 5.20. The van der Waals surface area contributed by atoms with Gasteiger partial charge in [-0.1, -0.05) is 17.7 Å². The van der Waals surface area contributed by atoms with Gasteiger partial charge in [-0.25, -0.2) is 4.98 Å². The van der Waals surface area contributed by atoms with Gasteiger partial charge >= 0.3 is 0 Å². The number of benzene rings is 1. The molecule has 1 aromatic heterocycles. The molecule has 0 fully saturated rings. The molecule has 0 unspecified atom stereocenters. The highest BCUT2D eigenvalue weighted by atomic mass is 35.5. The number of nitrogens with zero attached hydrogens (tertiary/aromatic N) is 2. The maximum atomic E-state index is 12.4. The van der Waals surface area contributed by atoms with Crippen LogP contribution in [0.4, 0.5) is 11.4 Å². The fraction of sp³-hybridized carbons (Fsp3) is 0.200. The van der Waals surface area contributed by atoms with Gasteiger partial charge < -0.3 is 15.0 Å². The summed E-state index contributed by atoms with van der Waals surface area (Å²) in [5, 5.41) is 3.40. The average Bonchev–Trinajstić information content (AvgIpc) is 2.46. The smallest absolute Gasteiger partial charge is 0.261 e. The van der Waals surface area contributed by atoms with Gasteiger partial charge in [0.15, 0.2) is 0 Å². The highest BCUT2D eigenvalue weighted by Gasteiger charge is 2.16. The third-order valence-electron chi connectivity index (χ3n) is 2.89. The molecule has 0 aliphatic heterocycles. The lowest BCUT2D eigenvalue weighted by molar-refractivity contribution is 0.102. The largest absolute Gasteiger partial charge is 0.480 e. The molecule has 0 saturated heterocycles. The van der Waals surface area contributed by atoms with E-state index in [0.29, 0.717) is 16.3 Å². The van der Waals surface area contributed by atoms with E-state index in [1.807, 2.05) is 19.0 Å². The van der Waals surface area contributed by atoms with Crippen LogP contribution in [0.25, 0.3) is 0 Å². The van der Waals surface area contributed by atoms with E-state index in [9.17, 15) is 4.79 Å². The number of pyridine rings is 1. The van der Waals surface area contributed by atoms with Crippen LogP contribution in [0.3, 0.4) is 0 Å². The summed E-state index contributed by atoms with van der Waals surface area (Å²) >= 11 is 6.18. The van der Waals surface area contributed by atoms with Crippen LogP contribution in [0, 0.1) is 0 Å². The van der Waals surface area contributed by atoms with E-state index >= 15 is 0 Å². The zero-order valence-electron chi connectivity index (χ0n) is 12.1. The van der Waals surface area contributed by atoms with Gasteiger partial charge in [0.25, 0.3) is 5.91 Å². The Morgan fingerprint density at radius 3 is 2.71 bits per heavy atom. The van der Waals surface area contributed by atoms with Crippen molar-refractivity contribution in [2.45, 2.75) is 0 Å². The minimum Gasteiger partial charge on any atom is -0.480 e. The predicted octanol–water partition coefficient (Wildman–Crippen LogP) is 3.06. The summed E-state index contributed by atoms with van der Waals surface area (Å²) < 4.78 is 5.10. The van der Waals surface area contributed by atoms with Gasteiger partial charge in [0.2, 0.25) is 5.88 Å². The zero-order valence-corrected chi connectivity index (χ0v) is 12.8. The van der Waals surface area contributed by atoms with E-state index in [2.05, 4.69) is 10.3 Å². The quantitative estimate of drug-likeness (QED) is 0.943. The molecule has 0 radical (unpaired) electrons. The normalized spacial score (nSPS) is 10.1. The molecule has 6 heteroatoms. The summed E-state index contributed by atoms with van der Waals surface area (Å²) in [6.07, 6.45) is 1.57. The van der Waals surface area contributed by atoms with Crippen LogP contribution in [0.2, 0.25) is 5.02 Å².